The van der Waals surface area contributed by atoms with Crippen molar-refractivity contribution in [1.82, 2.24) is 10.2 Å². The van der Waals surface area contributed by atoms with E-state index in [-0.39, 0.29) is 24.2 Å². The summed E-state index contributed by atoms with van der Waals surface area (Å²) in [4.78, 5) is 51.2. The number of carbonyl (C=O) groups is 4. The molecule has 3 rings (SSSR count). The average molecular weight is 453 g/mol. The Morgan fingerprint density at radius 2 is 1.58 bits per heavy atom. The third-order valence-electron chi connectivity index (χ3n) is 5.63. The Labute approximate surface area is 192 Å². The molecule has 8 heteroatoms. The molecule has 0 spiro atoms. The number of carbonyl (C=O) groups excluding carboxylic acids is 4. The SMILES string of the molecule is COC(=O)C1CCN(C(=O)COC(=O)C(Cc2ccccc2)NC(=O)c2ccccc2)CC1. The molecular weight excluding hydrogens is 424 g/mol. The number of ether oxygens (including phenoxy) is 2. The largest absolute Gasteiger partial charge is 0.469 e. The van der Waals surface area contributed by atoms with Crippen LogP contribution in [0.1, 0.15) is 28.8 Å². The van der Waals surface area contributed by atoms with Gasteiger partial charge in [0.2, 0.25) is 0 Å². The van der Waals surface area contributed by atoms with E-state index < -0.39 is 24.5 Å². The van der Waals surface area contributed by atoms with Gasteiger partial charge in [-0.2, -0.15) is 0 Å². The van der Waals surface area contributed by atoms with E-state index in [1.807, 2.05) is 30.3 Å². The van der Waals surface area contributed by atoms with Gasteiger partial charge in [0.15, 0.2) is 6.61 Å². The highest BCUT2D eigenvalue weighted by Gasteiger charge is 2.29. The van der Waals surface area contributed by atoms with E-state index in [1.54, 1.807) is 35.2 Å². The zero-order chi connectivity index (χ0) is 23.6. The summed E-state index contributed by atoms with van der Waals surface area (Å²) in [7, 11) is 1.35. The molecule has 0 bridgehead atoms. The third kappa shape index (κ3) is 6.90. The van der Waals surface area contributed by atoms with Crippen molar-refractivity contribution in [2.24, 2.45) is 5.92 Å². The molecule has 1 atom stereocenters. The van der Waals surface area contributed by atoms with Gasteiger partial charge in [-0.05, 0) is 30.5 Å². The van der Waals surface area contributed by atoms with Crippen LogP contribution in [0.4, 0.5) is 0 Å². The molecule has 1 unspecified atom stereocenters. The van der Waals surface area contributed by atoms with Crippen LogP contribution in [0.25, 0.3) is 0 Å². The van der Waals surface area contributed by atoms with Crippen LogP contribution >= 0.6 is 0 Å². The first-order valence-electron chi connectivity index (χ1n) is 10.9. The van der Waals surface area contributed by atoms with Gasteiger partial charge in [0.1, 0.15) is 6.04 Å². The molecule has 174 valence electrons. The smallest absolute Gasteiger partial charge is 0.329 e. The van der Waals surface area contributed by atoms with Crippen molar-refractivity contribution in [3.8, 4) is 0 Å². The number of methoxy groups -OCH3 is 1. The van der Waals surface area contributed by atoms with Crippen LogP contribution in [-0.2, 0) is 30.3 Å². The number of likely N-dealkylation sites (tertiary alicyclic amines) is 1. The van der Waals surface area contributed by atoms with Gasteiger partial charge in [0, 0.05) is 25.1 Å². The molecule has 1 N–H and O–H groups in total. The zero-order valence-corrected chi connectivity index (χ0v) is 18.6. The van der Waals surface area contributed by atoms with E-state index in [1.165, 1.54) is 7.11 Å². The Hall–Kier alpha value is -3.68. The van der Waals surface area contributed by atoms with Crippen LogP contribution in [0.3, 0.4) is 0 Å². The van der Waals surface area contributed by atoms with Crippen LogP contribution in [0.5, 0.6) is 0 Å². The summed E-state index contributed by atoms with van der Waals surface area (Å²) in [6.45, 7) is 0.372. The lowest BCUT2D eigenvalue weighted by Gasteiger charge is -2.30. The summed E-state index contributed by atoms with van der Waals surface area (Å²) in [5, 5.41) is 2.72. The molecule has 2 amide bonds. The second-order valence-electron chi connectivity index (χ2n) is 7.87. The fraction of sp³-hybridized carbons (Fsp3) is 0.360. The second kappa shape index (κ2) is 11.8. The van der Waals surface area contributed by atoms with Crippen molar-refractivity contribution in [3.05, 3.63) is 71.8 Å². The third-order valence-corrected chi connectivity index (χ3v) is 5.63. The van der Waals surface area contributed by atoms with Gasteiger partial charge < -0.3 is 19.7 Å². The van der Waals surface area contributed by atoms with Gasteiger partial charge in [-0.3, -0.25) is 14.4 Å². The van der Waals surface area contributed by atoms with Gasteiger partial charge in [-0.25, -0.2) is 4.79 Å². The quantitative estimate of drug-likeness (QED) is 0.615. The van der Waals surface area contributed by atoms with E-state index in [2.05, 4.69) is 5.32 Å². The molecule has 0 aromatic heterocycles. The molecule has 1 heterocycles. The standard InChI is InChI=1S/C25H28N2O6/c1-32-24(30)20-12-14-27(15-13-20)22(28)17-33-25(31)21(16-18-8-4-2-5-9-18)26-23(29)19-10-6-3-7-11-19/h2-11,20-21H,12-17H2,1H3,(H,26,29). The minimum Gasteiger partial charge on any atom is -0.469 e. The van der Waals surface area contributed by atoms with E-state index in [9.17, 15) is 19.2 Å². The van der Waals surface area contributed by atoms with Gasteiger partial charge in [-0.15, -0.1) is 0 Å². The molecule has 2 aromatic carbocycles. The summed E-state index contributed by atoms with van der Waals surface area (Å²) in [5.41, 5.74) is 1.27. The van der Waals surface area contributed by atoms with Crippen molar-refractivity contribution in [1.29, 1.82) is 0 Å². The van der Waals surface area contributed by atoms with Crippen molar-refractivity contribution in [3.63, 3.8) is 0 Å². The Morgan fingerprint density at radius 3 is 2.18 bits per heavy atom. The van der Waals surface area contributed by atoms with Crippen molar-refractivity contribution < 1.29 is 28.7 Å². The van der Waals surface area contributed by atoms with Crippen LogP contribution in [0.15, 0.2) is 60.7 Å². The van der Waals surface area contributed by atoms with Crippen LogP contribution in [0.2, 0.25) is 0 Å². The Kier molecular flexibility index (Phi) is 8.57. The maximum atomic E-state index is 12.8. The fourth-order valence-corrected chi connectivity index (χ4v) is 3.73. The first-order valence-corrected chi connectivity index (χ1v) is 10.9. The minimum absolute atomic E-state index is 0.218. The number of esters is 2. The number of nitrogens with one attached hydrogen (secondary N) is 1. The highest BCUT2D eigenvalue weighted by molar-refractivity contribution is 5.97. The minimum atomic E-state index is -0.946. The summed E-state index contributed by atoms with van der Waals surface area (Å²) in [6, 6.07) is 16.9. The molecule has 1 aliphatic heterocycles. The molecule has 0 aliphatic carbocycles. The monoisotopic (exact) mass is 452 g/mol. The summed E-state index contributed by atoms with van der Waals surface area (Å²) in [6.07, 6.45) is 1.25. The molecule has 1 saturated heterocycles. The topological polar surface area (TPSA) is 102 Å². The summed E-state index contributed by atoms with van der Waals surface area (Å²) >= 11 is 0. The predicted molar refractivity (Wildman–Crippen MR) is 120 cm³/mol. The molecular formula is C25H28N2O6. The van der Waals surface area contributed by atoms with Gasteiger partial charge in [0.25, 0.3) is 11.8 Å². The number of benzene rings is 2. The summed E-state index contributed by atoms with van der Waals surface area (Å²) in [5.74, 6) is -1.90. The maximum Gasteiger partial charge on any atom is 0.329 e. The van der Waals surface area contributed by atoms with E-state index in [0.29, 0.717) is 31.5 Å². The maximum absolute atomic E-state index is 12.8. The molecule has 33 heavy (non-hydrogen) atoms. The van der Waals surface area contributed by atoms with Crippen LogP contribution in [0, 0.1) is 5.92 Å². The van der Waals surface area contributed by atoms with Crippen LogP contribution < -0.4 is 5.32 Å². The number of rotatable bonds is 8. The average Bonchev–Trinajstić information content (AvgIpc) is 2.87. The van der Waals surface area contributed by atoms with E-state index in [0.717, 1.165) is 5.56 Å². The molecule has 1 fully saturated rings. The highest BCUT2D eigenvalue weighted by atomic mass is 16.5. The lowest BCUT2D eigenvalue weighted by molar-refractivity contribution is -0.155. The number of hydrogen-bond donors (Lipinski definition) is 1. The zero-order valence-electron chi connectivity index (χ0n) is 18.6. The van der Waals surface area contributed by atoms with E-state index >= 15 is 0 Å². The number of nitrogens with zero attached hydrogens (tertiary/aromatic N) is 1. The normalized spacial score (nSPS) is 14.8. The van der Waals surface area contributed by atoms with Gasteiger partial charge >= 0.3 is 11.9 Å². The van der Waals surface area contributed by atoms with Crippen molar-refractivity contribution in [2.75, 3.05) is 26.8 Å². The van der Waals surface area contributed by atoms with Crippen LogP contribution in [-0.4, -0.2) is 61.5 Å². The summed E-state index contributed by atoms with van der Waals surface area (Å²) < 4.78 is 10.0. The number of piperidine rings is 1. The predicted octanol–water partition coefficient (Wildman–Crippen LogP) is 1.98. The molecule has 1 aliphatic rings. The number of amides is 2. The molecule has 0 saturated carbocycles. The number of hydrogen-bond acceptors (Lipinski definition) is 6. The highest BCUT2D eigenvalue weighted by Crippen LogP contribution is 2.18. The molecule has 0 radical (unpaired) electrons. The van der Waals surface area contributed by atoms with Gasteiger partial charge in [0.05, 0.1) is 13.0 Å². The lowest BCUT2D eigenvalue weighted by atomic mass is 9.97. The van der Waals surface area contributed by atoms with E-state index in [4.69, 9.17) is 9.47 Å². The Morgan fingerprint density at radius 1 is 0.970 bits per heavy atom. The first-order chi connectivity index (χ1) is 16.0. The molecule has 2 aromatic rings. The first kappa shape index (κ1) is 24.0. The van der Waals surface area contributed by atoms with Crippen molar-refractivity contribution >= 4 is 23.8 Å². The molecule has 8 nitrogen and oxygen atoms in total. The fourth-order valence-electron chi connectivity index (χ4n) is 3.73. The van der Waals surface area contributed by atoms with Gasteiger partial charge in [-0.1, -0.05) is 48.5 Å². The van der Waals surface area contributed by atoms with Crippen molar-refractivity contribution in [2.45, 2.75) is 25.3 Å². The second-order valence-corrected chi connectivity index (χ2v) is 7.87. The lowest BCUT2D eigenvalue weighted by Crippen LogP contribution is -2.46. The Bertz CT molecular complexity index is 955. The Balaban J connectivity index is 1.58.